The highest BCUT2D eigenvalue weighted by molar-refractivity contribution is 9.10. The second-order valence-electron chi connectivity index (χ2n) is 4.69. The van der Waals surface area contributed by atoms with Crippen molar-refractivity contribution in [2.24, 2.45) is 5.92 Å². The van der Waals surface area contributed by atoms with Gasteiger partial charge in [-0.2, -0.15) is 0 Å². The Bertz CT molecular complexity index is 545. The summed E-state index contributed by atoms with van der Waals surface area (Å²) in [6.07, 6.45) is -0.729. The third kappa shape index (κ3) is 4.73. The molecule has 1 atom stereocenters. The van der Waals surface area contributed by atoms with E-state index in [0.717, 1.165) is 0 Å². The molecule has 1 unspecified atom stereocenters. The number of hydrogen-bond donors (Lipinski definition) is 2. The van der Waals surface area contributed by atoms with Gasteiger partial charge in [0.15, 0.2) is 0 Å². The summed E-state index contributed by atoms with van der Waals surface area (Å²) in [7, 11) is -3.73. The van der Waals surface area contributed by atoms with Gasteiger partial charge >= 0.3 is 0 Å². The molecule has 0 heterocycles. The summed E-state index contributed by atoms with van der Waals surface area (Å²) in [5.41, 5.74) is 0. The van der Waals surface area contributed by atoms with E-state index in [9.17, 15) is 13.5 Å². The Hall–Kier alpha value is -0.630. The van der Waals surface area contributed by atoms with Gasteiger partial charge in [0.1, 0.15) is 10.6 Å². The third-order valence-corrected chi connectivity index (χ3v) is 4.69. The van der Waals surface area contributed by atoms with Crippen LogP contribution in [0.15, 0.2) is 27.6 Å². The molecule has 0 amide bonds. The molecular formula is C13H20BrNO4S. The lowest BCUT2D eigenvalue weighted by molar-refractivity contribution is 0.129. The molecular weight excluding hydrogens is 346 g/mol. The second-order valence-corrected chi connectivity index (χ2v) is 7.34. The minimum Gasteiger partial charge on any atom is -0.492 e. The van der Waals surface area contributed by atoms with E-state index in [2.05, 4.69) is 20.7 Å². The largest absolute Gasteiger partial charge is 0.492 e. The predicted molar refractivity (Wildman–Crippen MR) is 81.3 cm³/mol. The summed E-state index contributed by atoms with van der Waals surface area (Å²) < 4.78 is 32.9. The molecule has 1 aromatic carbocycles. The highest BCUT2D eigenvalue weighted by Gasteiger charge is 2.21. The molecule has 0 saturated heterocycles. The summed E-state index contributed by atoms with van der Waals surface area (Å²) in [6, 6.07) is 4.79. The van der Waals surface area contributed by atoms with Crippen LogP contribution < -0.4 is 9.46 Å². The maximum Gasteiger partial charge on any atom is 0.244 e. The number of sulfonamides is 1. The molecule has 0 saturated carbocycles. The smallest absolute Gasteiger partial charge is 0.244 e. The fraction of sp³-hybridized carbons (Fsp3) is 0.538. The number of rotatable bonds is 7. The molecule has 20 heavy (non-hydrogen) atoms. The Kier molecular flexibility index (Phi) is 6.44. The van der Waals surface area contributed by atoms with Crippen molar-refractivity contribution in [3.8, 4) is 5.75 Å². The third-order valence-electron chi connectivity index (χ3n) is 2.75. The van der Waals surface area contributed by atoms with Crippen molar-refractivity contribution >= 4 is 26.0 Å². The lowest BCUT2D eigenvalue weighted by Crippen LogP contribution is -2.34. The number of halogens is 1. The molecule has 7 heteroatoms. The van der Waals surface area contributed by atoms with Crippen LogP contribution in [-0.2, 0) is 10.0 Å². The Labute approximate surface area is 128 Å². The molecule has 0 aliphatic rings. The average molecular weight is 366 g/mol. The number of benzene rings is 1. The van der Waals surface area contributed by atoms with Crippen molar-refractivity contribution in [1.29, 1.82) is 0 Å². The molecule has 1 aromatic rings. The number of ether oxygens (including phenoxy) is 1. The zero-order chi connectivity index (χ0) is 15.3. The van der Waals surface area contributed by atoms with Gasteiger partial charge < -0.3 is 9.84 Å². The highest BCUT2D eigenvalue weighted by Crippen LogP contribution is 2.27. The molecule has 0 aliphatic carbocycles. The van der Waals surface area contributed by atoms with Gasteiger partial charge in [0.05, 0.1) is 12.7 Å². The quantitative estimate of drug-likeness (QED) is 0.775. The summed E-state index contributed by atoms with van der Waals surface area (Å²) in [5, 5.41) is 9.70. The van der Waals surface area contributed by atoms with E-state index in [-0.39, 0.29) is 17.4 Å². The first kappa shape index (κ1) is 17.4. The van der Waals surface area contributed by atoms with E-state index in [1.807, 2.05) is 13.8 Å². The van der Waals surface area contributed by atoms with E-state index in [4.69, 9.17) is 4.74 Å². The first-order chi connectivity index (χ1) is 9.27. The van der Waals surface area contributed by atoms with E-state index >= 15 is 0 Å². The molecule has 0 aromatic heterocycles. The van der Waals surface area contributed by atoms with E-state index in [1.165, 1.54) is 6.07 Å². The van der Waals surface area contributed by atoms with Crippen molar-refractivity contribution in [2.75, 3.05) is 13.2 Å². The van der Waals surface area contributed by atoms with Crippen LogP contribution in [0.4, 0.5) is 0 Å². The normalized spacial score (nSPS) is 13.5. The minimum atomic E-state index is -3.73. The number of aliphatic hydroxyl groups is 1. The van der Waals surface area contributed by atoms with Crippen LogP contribution in [0.3, 0.4) is 0 Å². The first-order valence-corrected chi connectivity index (χ1v) is 8.65. The lowest BCUT2D eigenvalue weighted by atomic mass is 10.1. The van der Waals surface area contributed by atoms with Gasteiger partial charge in [0, 0.05) is 11.0 Å². The topological polar surface area (TPSA) is 75.6 Å². The number of aliphatic hydroxyl groups excluding tert-OH is 1. The Balaban J connectivity index is 2.99. The van der Waals surface area contributed by atoms with Crippen molar-refractivity contribution in [2.45, 2.75) is 31.8 Å². The van der Waals surface area contributed by atoms with E-state index in [1.54, 1.807) is 19.1 Å². The van der Waals surface area contributed by atoms with Crippen molar-refractivity contribution in [3.63, 3.8) is 0 Å². The van der Waals surface area contributed by atoms with Gasteiger partial charge in [0.2, 0.25) is 10.0 Å². The maximum absolute atomic E-state index is 12.3. The molecule has 0 fully saturated rings. The fourth-order valence-corrected chi connectivity index (χ4v) is 3.21. The van der Waals surface area contributed by atoms with Crippen LogP contribution in [0, 0.1) is 5.92 Å². The Morgan fingerprint density at radius 2 is 2.05 bits per heavy atom. The zero-order valence-corrected chi connectivity index (χ0v) is 14.2. The van der Waals surface area contributed by atoms with Gasteiger partial charge in [-0.3, -0.25) is 0 Å². The summed E-state index contributed by atoms with van der Waals surface area (Å²) in [6.45, 7) is 5.78. The van der Waals surface area contributed by atoms with E-state index in [0.29, 0.717) is 16.8 Å². The van der Waals surface area contributed by atoms with Crippen LogP contribution in [0.1, 0.15) is 20.8 Å². The van der Waals surface area contributed by atoms with Crippen LogP contribution in [0.2, 0.25) is 0 Å². The van der Waals surface area contributed by atoms with Gasteiger partial charge in [-0.25, -0.2) is 13.1 Å². The monoisotopic (exact) mass is 365 g/mol. The summed E-state index contributed by atoms with van der Waals surface area (Å²) in [5.74, 6) is 0.272. The SMILES string of the molecule is CCOc1ccc(Br)cc1S(=O)(=O)NCC(O)C(C)C. The standard InChI is InChI=1S/C13H20BrNO4S/c1-4-19-12-6-5-10(14)7-13(12)20(17,18)15-8-11(16)9(2)3/h5-7,9,11,15-16H,4,8H2,1-3H3. The molecule has 0 aliphatic heterocycles. The summed E-state index contributed by atoms with van der Waals surface area (Å²) in [4.78, 5) is 0.0599. The van der Waals surface area contributed by atoms with Gasteiger partial charge in [-0.1, -0.05) is 29.8 Å². The molecule has 114 valence electrons. The Morgan fingerprint density at radius 1 is 1.40 bits per heavy atom. The molecule has 5 nitrogen and oxygen atoms in total. The summed E-state index contributed by atoms with van der Waals surface area (Å²) >= 11 is 3.25. The van der Waals surface area contributed by atoms with Gasteiger partial charge in [0.25, 0.3) is 0 Å². The maximum atomic E-state index is 12.3. The van der Waals surface area contributed by atoms with Crippen LogP contribution in [0.25, 0.3) is 0 Å². The van der Waals surface area contributed by atoms with Gasteiger partial charge in [-0.15, -0.1) is 0 Å². The zero-order valence-electron chi connectivity index (χ0n) is 11.8. The predicted octanol–water partition coefficient (Wildman–Crippen LogP) is 2.14. The fourth-order valence-electron chi connectivity index (χ4n) is 1.48. The average Bonchev–Trinajstić information content (AvgIpc) is 2.38. The van der Waals surface area contributed by atoms with Crippen LogP contribution in [0.5, 0.6) is 5.75 Å². The number of nitrogens with one attached hydrogen (secondary N) is 1. The lowest BCUT2D eigenvalue weighted by Gasteiger charge is -2.16. The molecule has 0 bridgehead atoms. The van der Waals surface area contributed by atoms with Gasteiger partial charge in [-0.05, 0) is 31.0 Å². The first-order valence-electron chi connectivity index (χ1n) is 6.38. The van der Waals surface area contributed by atoms with Crippen LogP contribution in [-0.4, -0.2) is 32.8 Å². The molecule has 1 rings (SSSR count). The minimum absolute atomic E-state index is 0.0217. The highest BCUT2D eigenvalue weighted by atomic mass is 79.9. The molecule has 2 N–H and O–H groups in total. The van der Waals surface area contributed by atoms with Crippen molar-refractivity contribution < 1.29 is 18.3 Å². The Morgan fingerprint density at radius 3 is 2.60 bits per heavy atom. The molecule has 0 radical (unpaired) electrons. The number of hydrogen-bond acceptors (Lipinski definition) is 4. The second kappa shape index (κ2) is 7.40. The van der Waals surface area contributed by atoms with E-state index < -0.39 is 16.1 Å². The van der Waals surface area contributed by atoms with Crippen molar-refractivity contribution in [1.82, 2.24) is 4.72 Å². The van der Waals surface area contributed by atoms with Crippen molar-refractivity contribution in [3.05, 3.63) is 22.7 Å². The molecule has 0 spiro atoms. The van der Waals surface area contributed by atoms with Crippen LogP contribution >= 0.6 is 15.9 Å².